The van der Waals surface area contributed by atoms with Gasteiger partial charge in [-0.1, -0.05) is 40.9 Å². The summed E-state index contributed by atoms with van der Waals surface area (Å²) in [7, 11) is 0. The SMILES string of the molecule is N#Cc1c(N)sc2c(F)ccc(-c3c(Cl)cc4c(N5CCC6(CCN6C(=O)C(Cl)Cl)C5)nc(OC[C@@]56CCCN5C[C@H](F)C6)nc4c3F)c12. The normalized spacial score (nSPS) is 25.1. The number of amides is 1. The number of hydrogen-bond donors (Lipinski definition) is 1. The smallest absolute Gasteiger partial charge is 0.319 e. The number of carbonyl (C=O) groups excluding carboxylic acids is 1. The quantitative estimate of drug-likeness (QED) is 0.214. The number of rotatable bonds is 6. The molecule has 4 aliphatic rings. The van der Waals surface area contributed by atoms with Crippen LogP contribution in [-0.2, 0) is 4.79 Å². The third-order valence-corrected chi connectivity index (χ3v) is 12.4. The number of thiophene rings is 1. The Balaban J connectivity index is 1.26. The van der Waals surface area contributed by atoms with E-state index in [0.717, 1.165) is 37.1 Å². The Morgan fingerprint density at radius 3 is 2.73 bits per heavy atom. The van der Waals surface area contributed by atoms with Crippen LogP contribution in [0.3, 0.4) is 0 Å². The minimum absolute atomic E-state index is 0.00741. The van der Waals surface area contributed by atoms with Crippen molar-refractivity contribution in [1.82, 2.24) is 19.8 Å². The molecule has 1 spiro atoms. The fraction of sp³-hybridized carbons (Fsp3) is 0.455. The number of alkyl halides is 3. The van der Waals surface area contributed by atoms with Gasteiger partial charge in [-0.05, 0) is 49.9 Å². The summed E-state index contributed by atoms with van der Waals surface area (Å²) in [5, 5.41) is 10.4. The molecule has 8 rings (SSSR count). The number of nitrogens with two attached hydrogens (primary N) is 1. The van der Waals surface area contributed by atoms with Gasteiger partial charge in [0, 0.05) is 48.9 Å². The molecule has 9 nitrogen and oxygen atoms in total. The van der Waals surface area contributed by atoms with E-state index in [9.17, 15) is 18.8 Å². The summed E-state index contributed by atoms with van der Waals surface area (Å²) in [5.41, 5.74) is 5.08. The van der Waals surface area contributed by atoms with Crippen LogP contribution in [0, 0.1) is 23.0 Å². The van der Waals surface area contributed by atoms with Gasteiger partial charge in [-0.3, -0.25) is 9.69 Å². The molecule has 4 aliphatic heterocycles. The van der Waals surface area contributed by atoms with Crippen molar-refractivity contribution in [3.8, 4) is 23.2 Å². The van der Waals surface area contributed by atoms with Crippen molar-refractivity contribution in [3.63, 3.8) is 0 Å². The van der Waals surface area contributed by atoms with E-state index in [4.69, 9.17) is 50.3 Å². The van der Waals surface area contributed by atoms with Gasteiger partial charge < -0.3 is 20.3 Å². The summed E-state index contributed by atoms with van der Waals surface area (Å²) in [6.07, 6.45) is 2.37. The van der Waals surface area contributed by atoms with Crippen molar-refractivity contribution >= 4 is 83.9 Å². The zero-order valence-corrected chi connectivity index (χ0v) is 29.0. The number of nitrogen functional groups attached to an aromatic ring is 1. The molecule has 2 aromatic heterocycles. The van der Waals surface area contributed by atoms with Gasteiger partial charge in [0.1, 0.15) is 41.0 Å². The Kier molecular flexibility index (Phi) is 8.00. The Morgan fingerprint density at radius 2 is 2.00 bits per heavy atom. The van der Waals surface area contributed by atoms with Crippen molar-refractivity contribution in [2.24, 2.45) is 0 Å². The number of aromatic nitrogens is 2. The zero-order chi connectivity index (χ0) is 34.4. The molecule has 0 bridgehead atoms. The lowest BCUT2D eigenvalue weighted by molar-refractivity contribution is -0.143. The molecule has 4 aromatic rings. The summed E-state index contributed by atoms with van der Waals surface area (Å²) in [6, 6.07) is 6.03. The molecule has 0 radical (unpaired) electrons. The molecule has 2 aromatic carbocycles. The third-order valence-electron chi connectivity index (χ3n) is 10.7. The number of halogens is 6. The molecule has 16 heteroatoms. The number of likely N-dealkylation sites (tertiary alicyclic amines) is 1. The van der Waals surface area contributed by atoms with E-state index in [1.54, 1.807) is 11.0 Å². The molecule has 4 fully saturated rings. The minimum Gasteiger partial charge on any atom is -0.461 e. The lowest BCUT2D eigenvalue weighted by Crippen LogP contribution is -2.64. The van der Waals surface area contributed by atoms with E-state index in [1.165, 1.54) is 12.1 Å². The highest BCUT2D eigenvalue weighted by molar-refractivity contribution is 7.23. The summed E-state index contributed by atoms with van der Waals surface area (Å²) in [6.45, 7) is 2.60. The van der Waals surface area contributed by atoms with Gasteiger partial charge >= 0.3 is 6.01 Å². The summed E-state index contributed by atoms with van der Waals surface area (Å²) >= 11 is 19.6. The predicted molar refractivity (Wildman–Crippen MR) is 184 cm³/mol. The second-order valence-electron chi connectivity index (χ2n) is 13.3. The number of carbonyl (C=O) groups is 1. The van der Waals surface area contributed by atoms with Crippen LogP contribution in [-0.4, -0.2) is 87.1 Å². The number of nitriles is 1. The van der Waals surface area contributed by atoms with Crippen molar-refractivity contribution in [3.05, 3.63) is 40.4 Å². The first-order valence-electron chi connectivity index (χ1n) is 15.9. The molecular formula is C33H29Cl3F3N7O2S. The molecule has 1 amide bonds. The van der Waals surface area contributed by atoms with Crippen LogP contribution in [0.2, 0.25) is 5.02 Å². The highest BCUT2D eigenvalue weighted by Gasteiger charge is 2.53. The van der Waals surface area contributed by atoms with Crippen LogP contribution in [0.4, 0.5) is 24.0 Å². The molecule has 2 N–H and O–H groups in total. The Bertz CT molecular complexity index is 2100. The van der Waals surface area contributed by atoms with E-state index in [1.807, 2.05) is 11.0 Å². The summed E-state index contributed by atoms with van der Waals surface area (Å²) in [4.78, 5) is 26.6. The van der Waals surface area contributed by atoms with E-state index < -0.39 is 33.7 Å². The Morgan fingerprint density at radius 1 is 1.20 bits per heavy atom. The van der Waals surface area contributed by atoms with Crippen molar-refractivity contribution in [2.45, 2.75) is 54.2 Å². The van der Waals surface area contributed by atoms with Crippen LogP contribution in [0.15, 0.2) is 18.2 Å². The first kappa shape index (κ1) is 32.9. The first-order valence-corrected chi connectivity index (χ1v) is 18.0. The second kappa shape index (κ2) is 11.9. The minimum atomic E-state index is -1.19. The first-order chi connectivity index (χ1) is 23.4. The zero-order valence-electron chi connectivity index (χ0n) is 25.9. The predicted octanol–water partition coefficient (Wildman–Crippen LogP) is 6.84. The molecule has 1 unspecified atom stereocenters. The maximum Gasteiger partial charge on any atom is 0.319 e. The number of hydrogen-bond acceptors (Lipinski definition) is 9. The number of anilines is 2. The number of fused-ring (bicyclic) bond motifs is 3. The summed E-state index contributed by atoms with van der Waals surface area (Å²) < 4.78 is 52.8. The maximum atomic E-state index is 17.0. The van der Waals surface area contributed by atoms with Gasteiger partial charge in [-0.25, -0.2) is 13.2 Å². The van der Waals surface area contributed by atoms with Crippen LogP contribution >= 0.6 is 46.1 Å². The Hall–Kier alpha value is -3.28. The standard InChI is InChI=1S/C33H29Cl3F3N7O2S/c34-20-10-18-25(24(39)23(20)17-2-3-21(38)26-22(17)19(12-40)28(41)49-26)42-31(48-15-33-4-1-7-45(33)13-16(37)11-33)43-29(18)44-8-5-32(14-44)6-9-46(32)30(47)27(35)36/h2-3,10,16,27H,1,4-9,11,13-15,41H2/t16-,32?,33+/m1/s1. The summed E-state index contributed by atoms with van der Waals surface area (Å²) in [5.74, 6) is -1.43. The van der Waals surface area contributed by atoms with Gasteiger partial charge in [0.15, 0.2) is 10.7 Å². The molecule has 3 atom stereocenters. The van der Waals surface area contributed by atoms with Gasteiger partial charge in [0.05, 0.1) is 26.4 Å². The van der Waals surface area contributed by atoms with Gasteiger partial charge in [-0.15, -0.1) is 11.3 Å². The van der Waals surface area contributed by atoms with E-state index in [-0.39, 0.29) is 60.8 Å². The third kappa shape index (κ3) is 5.08. The van der Waals surface area contributed by atoms with Crippen molar-refractivity contribution in [2.75, 3.05) is 50.0 Å². The maximum absolute atomic E-state index is 17.0. The highest BCUT2D eigenvalue weighted by Crippen LogP contribution is 2.48. The van der Waals surface area contributed by atoms with E-state index in [2.05, 4.69) is 9.88 Å². The second-order valence-corrected chi connectivity index (χ2v) is 15.9. The van der Waals surface area contributed by atoms with Crippen LogP contribution in [0.5, 0.6) is 6.01 Å². The number of nitrogens with zero attached hydrogens (tertiary/aromatic N) is 6. The fourth-order valence-corrected chi connectivity index (χ4v) is 9.81. The van der Waals surface area contributed by atoms with Gasteiger partial charge in [0.2, 0.25) is 0 Å². The van der Waals surface area contributed by atoms with E-state index >= 15 is 4.39 Å². The fourth-order valence-electron chi connectivity index (χ4n) is 8.33. The average Bonchev–Trinajstić information content (AvgIpc) is 3.82. The Labute approximate surface area is 298 Å². The molecule has 4 saturated heterocycles. The van der Waals surface area contributed by atoms with Crippen LogP contribution < -0.4 is 15.4 Å². The highest BCUT2D eigenvalue weighted by atomic mass is 35.5. The molecule has 0 saturated carbocycles. The van der Waals surface area contributed by atoms with Gasteiger partial charge in [-0.2, -0.15) is 15.2 Å². The number of benzene rings is 2. The largest absolute Gasteiger partial charge is 0.461 e. The molecule has 256 valence electrons. The molecule has 49 heavy (non-hydrogen) atoms. The number of ether oxygens (including phenoxy) is 1. The van der Waals surface area contributed by atoms with Gasteiger partial charge in [0.25, 0.3) is 5.91 Å². The topological polar surface area (TPSA) is 112 Å². The van der Waals surface area contributed by atoms with Crippen molar-refractivity contribution < 1.29 is 22.7 Å². The lowest BCUT2D eigenvalue weighted by atomic mass is 9.83. The lowest BCUT2D eigenvalue weighted by Gasteiger charge is -2.50. The van der Waals surface area contributed by atoms with Crippen molar-refractivity contribution in [1.29, 1.82) is 5.26 Å². The molecule has 0 aliphatic carbocycles. The molecular weight excluding hydrogens is 722 g/mol. The monoisotopic (exact) mass is 749 g/mol. The average molecular weight is 751 g/mol. The van der Waals surface area contributed by atoms with Crippen LogP contribution in [0.25, 0.3) is 32.1 Å². The molecule has 6 heterocycles. The van der Waals surface area contributed by atoms with E-state index in [0.29, 0.717) is 50.2 Å². The van der Waals surface area contributed by atoms with Crippen LogP contribution in [0.1, 0.15) is 37.7 Å².